The van der Waals surface area contributed by atoms with Crippen LogP contribution >= 0.6 is 12.2 Å². The average molecular weight is 304 g/mol. The molecule has 0 aromatic heterocycles. The summed E-state index contributed by atoms with van der Waals surface area (Å²) in [6.45, 7) is 1.85. The maximum absolute atomic E-state index is 11.9. The van der Waals surface area contributed by atoms with Gasteiger partial charge in [-0.2, -0.15) is 0 Å². The van der Waals surface area contributed by atoms with Gasteiger partial charge in [0, 0.05) is 24.7 Å². The van der Waals surface area contributed by atoms with Crippen LogP contribution in [0.1, 0.15) is 24.8 Å². The lowest BCUT2D eigenvalue weighted by Crippen LogP contribution is -2.44. The highest BCUT2D eigenvalue weighted by atomic mass is 32.1. The van der Waals surface area contributed by atoms with Gasteiger partial charge >= 0.3 is 0 Å². The van der Waals surface area contributed by atoms with Crippen molar-refractivity contribution in [3.63, 3.8) is 0 Å². The van der Waals surface area contributed by atoms with Gasteiger partial charge in [-0.05, 0) is 43.6 Å². The molecule has 1 N–H and O–H groups in total. The monoisotopic (exact) mass is 304 g/mol. The zero-order valence-electron chi connectivity index (χ0n) is 12.2. The van der Waals surface area contributed by atoms with Crippen molar-refractivity contribution in [2.24, 2.45) is 0 Å². The number of hydrogen-bond donors (Lipinski definition) is 1. The van der Waals surface area contributed by atoms with Crippen molar-refractivity contribution in [1.82, 2.24) is 10.2 Å². The fourth-order valence-corrected chi connectivity index (χ4v) is 2.58. The predicted octanol–water partition coefficient (Wildman–Crippen LogP) is 2.60. The van der Waals surface area contributed by atoms with E-state index >= 15 is 0 Å². The second-order valence-electron chi connectivity index (χ2n) is 4.92. The Labute approximate surface area is 130 Å². The first-order chi connectivity index (χ1) is 10.2. The van der Waals surface area contributed by atoms with E-state index in [9.17, 15) is 4.79 Å². The number of ether oxygens (including phenoxy) is 1. The van der Waals surface area contributed by atoms with Crippen LogP contribution in [0.2, 0.25) is 0 Å². The molecule has 1 aliphatic rings. The molecule has 1 heterocycles. The Morgan fingerprint density at radius 2 is 2.00 bits per heavy atom. The second-order valence-corrected chi connectivity index (χ2v) is 5.30. The van der Waals surface area contributed by atoms with Crippen molar-refractivity contribution >= 4 is 29.3 Å². The van der Waals surface area contributed by atoms with Crippen LogP contribution in [0, 0.1) is 0 Å². The maximum atomic E-state index is 11.9. The number of carbonyl (C=O) groups excluding carboxylic acids is 1. The van der Waals surface area contributed by atoms with E-state index in [0.29, 0.717) is 5.11 Å². The van der Waals surface area contributed by atoms with Crippen LogP contribution < -0.4 is 10.1 Å². The number of likely N-dealkylation sites (tertiary alicyclic amines) is 1. The molecule has 1 saturated heterocycles. The van der Waals surface area contributed by atoms with Crippen molar-refractivity contribution in [3.05, 3.63) is 35.9 Å². The van der Waals surface area contributed by atoms with Crippen molar-refractivity contribution < 1.29 is 9.53 Å². The molecule has 1 amide bonds. The van der Waals surface area contributed by atoms with Gasteiger partial charge in [-0.1, -0.05) is 18.2 Å². The van der Waals surface area contributed by atoms with Gasteiger partial charge in [0.15, 0.2) is 5.11 Å². The highest BCUT2D eigenvalue weighted by molar-refractivity contribution is 7.80. The number of methoxy groups -OCH3 is 1. The Bertz CT molecular complexity index is 537. The van der Waals surface area contributed by atoms with E-state index in [1.54, 1.807) is 13.2 Å². The molecule has 2 rings (SSSR count). The Hall–Kier alpha value is -1.88. The third-order valence-electron chi connectivity index (χ3n) is 3.43. The van der Waals surface area contributed by atoms with Crippen molar-refractivity contribution in [1.29, 1.82) is 0 Å². The van der Waals surface area contributed by atoms with E-state index in [1.165, 1.54) is 12.5 Å². The van der Waals surface area contributed by atoms with Crippen LogP contribution in [0.4, 0.5) is 0 Å². The number of hydrogen-bond acceptors (Lipinski definition) is 3. The number of amides is 1. The first-order valence-electron chi connectivity index (χ1n) is 7.11. The normalized spacial score (nSPS) is 15.0. The fraction of sp³-hybridized carbons (Fsp3) is 0.375. The number of para-hydroxylation sites is 1. The quantitative estimate of drug-likeness (QED) is 0.688. The number of thiocarbonyl (C=S) groups is 1. The fourth-order valence-electron chi connectivity index (χ4n) is 2.29. The maximum Gasteiger partial charge on any atom is 0.250 e. The molecule has 5 heteroatoms. The highest BCUT2D eigenvalue weighted by Crippen LogP contribution is 2.18. The molecule has 0 aliphatic carbocycles. The van der Waals surface area contributed by atoms with Gasteiger partial charge in [-0.25, -0.2) is 0 Å². The number of carbonyl (C=O) groups is 1. The molecule has 0 bridgehead atoms. The van der Waals surface area contributed by atoms with E-state index in [-0.39, 0.29) is 5.91 Å². The molecule has 21 heavy (non-hydrogen) atoms. The van der Waals surface area contributed by atoms with Crippen LogP contribution in [0.5, 0.6) is 5.75 Å². The van der Waals surface area contributed by atoms with E-state index in [0.717, 1.165) is 37.2 Å². The van der Waals surface area contributed by atoms with Crippen molar-refractivity contribution in [2.75, 3.05) is 20.2 Å². The smallest absolute Gasteiger partial charge is 0.250 e. The zero-order chi connectivity index (χ0) is 15.1. The Balaban J connectivity index is 1.91. The zero-order valence-corrected chi connectivity index (χ0v) is 13.0. The number of nitrogens with zero attached hydrogens (tertiary/aromatic N) is 1. The lowest BCUT2D eigenvalue weighted by molar-refractivity contribution is -0.115. The van der Waals surface area contributed by atoms with Gasteiger partial charge in [0.2, 0.25) is 5.91 Å². The lowest BCUT2D eigenvalue weighted by atomic mass is 10.1. The predicted molar refractivity (Wildman–Crippen MR) is 88.2 cm³/mol. The summed E-state index contributed by atoms with van der Waals surface area (Å²) in [5, 5.41) is 3.27. The molecule has 0 spiro atoms. The molecule has 1 aliphatic heterocycles. The molecule has 4 nitrogen and oxygen atoms in total. The van der Waals surface area contributed by atoms with Crippen LogP contribution in [-0.2, 0) is 4.79 Å². The molecule has 0 radical (unpaired) electrons. The Morgan fingerprint density at radius 3 is 2.71 bits per heavy atom. The molecule has 1 aromatic rings. The summed E-state index contributed by atoms with van der Waals surface area (Å²) >= 11 is 5.27. The molecular weight excluding hydrogens is 284 g/mol. The second kappa shape index (κ2) is 7.78. The van der Waals surface area contributed by atoms with E-state index in [1.807, 2.05) is 29.2 Å². The van der Waals surface area contributed by atoms with Gasteiger partial charge in [-0.15, -0.1) is 0 Å². The minimum Gasteiger partial charge on any atom is -0.496 e. The number of rotatable bonds is 3. The van der Waals surface area contributed by atoms with Gasteiger partial charge in [-0.3, -0.25) is 10.1 Å². The summed E-state index contributed by atoms with van der Waals surface area (Å²) in [7, 11) is 1.61. The number of benzene rings is 1. The number of piperidine rings is 1. The molecule has 0 atom stereocenters. The van der Waals surface area contributed by atoms with Crippen LogP contribution in [0.15, 0.2) is 30.3 Å². The highest BCUT2D eigenvalue weighted by Gasteiger charge is 2.14. The van der Waals surface area contributed by atoms with Crippen molar-refractivity contribution in [3.8, 4) is 5.75 Å². The third kappa shape index (κ3) is 4.56. The lowest BCUT2D eigenvalue weighted by Gasteiger charge is -2.28. The third-order valence-corrected chi connectivity index (χ3v) is 3.79. The Kier molecular flexibility index (Phi) is 5.75. The number of nitrogens with one attached hydrogen (secondary N) is 1. The molecule has 1 aromatic carbocycles. The van der Waals surface area contributed by atoms with Gasteiger partial charge in [0.25, 0.3) is 0 Å². The molecule has 1 fully saturated rings. The van der Waals surface area contributed by atoms with E-state index < -0.39 is 0 Å². The van der Waals surface area contributed by atoms with Gasteiger partial charge in [0.05, 0.1) is 7.11 Å². The molecule has 112 valence electrons. The van der Waals surface area contributed by atoms with Crippen LogP contribution in [-0.4, -0.2) is 36.1 Å². The molecular formula is C16H20N2O2S. The largest absolute Gasteiger partial charge is 0.496 e. The standard InChI is InChI=1S/C16H20N2O2S/c1-20-14-8-4-3-7-13(14)9-10-15(19)17-16(21)18-11-5-2-6-12-18/h3-4,7-10H,2,5-6,11-12H2,1H3,(H,17,19,21). The summed E-state index contributed by atoms with van der Waals surface area (Å²) in [5.74, 6) is 0.525. The summed E-state index contributed by atoms with van der Waals surface area (Å²) < 4.78 is 5.24. The summed E-state index contributed by atoms with van der Waals surface area (Å²) in [6, 6.07) is 7.54. The van der Waals surface area contributed by atoms with Gasteiger partial charge in [0.1, 0.15) is 5.75 Å². The summed E-state index contributed by atoms with van der Waals surface area (Å²) in [6.07, 6.45) is 6.71. The van der Waals surface area contributed by atoms with Gasteiger partial charge < -0.3 is 9.64 Å². The van der Waals surface area contributed by atoms with Crippen LogP contribution in [0.3, 0.4) is 0 Å². The minimum absolute atomic E-state index is 0.212. The minimum atomic E-state index is -0.212. The van der Waals surface area contributed by atoms with Crippen LogP contribution in [0.25, 0.3) is 6.08 Å². The first-order valence-corrected chi connectivity index (χ1v) is 7.52. The molecule has 0 saturated carbocycles. The first kappa shape index (κ1) is 15.5. The van der Waals surface area contributed by atoms with Crippen molar-refractivity contribution in [2.45, 2.75) is 19.3 Å². The van der Waals surface area contributed by atoms with E-state index in [2.05, 4.69) is 5.32 Å². The summed E-state index contributed by atoms with van der Waals surface area (Å²) in [5.41, 5.74) is 0.860. The topological polar surface area (TPSA) is 41.6 Å². The molecule has 0 unspecified atom stereocenters. The van der Waals surface area contributed by atoms with E-state index in [4.69, 9.17) is 17.0 Å². The summed E-state index contributed by atoms with van der Waals surface area (Å²) in [4.78, 5) is 14.0. The average Bonchev–Trinajstić information content (AvgIpc) is 2.54. The SMILES string of the molecule is COc1ccccc1C=CC(=O)NC(=S)N1CCCCC1. The Morgan fingerprint density at radius 1 is 1.29 bits per heavy atom.